The first kappa shape index (κ1) is 19.2. The standard InChI is InChI=1S/C12H31NO4Si2/c1-14-18(5,15-2)11-7-9-13-10-8-12-19(6,16-3)17-4/h13H,7-12H2,1-6H3. The average Bonchev–Trinajstić information content (AvgIpc) is 2.45. The molecular formula is C12H31NO4Si2. The predicted molar refractivity (Wildman–Crippen MR) is 83.0 cm³/mol. The Hall–Kier alpha value is 0.234. The lowest BCUT2D eigenvalue weighted by molar-refractivity contribution is 0.248. The van der Waals surface area contributed by atoms with Crippen LogP contribution < -0.4 is 5.32 Å². The third-order valence-electron chi connectivity index (χ3n) is 3.70. The minimum Gasteiger partial charge on any atom is -0.398 e. The summed E-state index contributed by atoms with van der Waals surface area (Å²) in [6.45, 7) is 6.21. The van der Waals surface area contributed by atoms with Crippen LogP contribution in [0, 0.1) is 0 Å². The summed E-state index contributed by atoms with van der Waals surface area (Å²) in [4.78, 5) is 0. The van der Waals surface area contributed by atoms with Crippen LogP contribution in [0.15, 0.2) is 0 Å². The Morgan fingerprint density at radius 2 is 1.00 bits per heavy atom. The van der Waals surface area contributed by atoms with E-state index in [-0.39, 0.29) is 0 Å². The Morgan fingerprint density at radius 1 is 0.684 bits per heavy atom. The number of nitrogens with one attached hydrogen (secondary N) is 1. The molecule has 0 aromatic rings. The molecule has 0 saturated heterocycles. The average molecular weight is 310 g/mol. The minimum absolute atomic E-state index is 1.01. The fraction of sp³-hybridized carbons (Fsp3) is 1.00. The molecule has 0 spiro atoms. The van der Waals surface area contributed by atoms with Crippen LogP contribution in [0.5, 0.6) is 0 Å². The lowest BCUT2D eigenvalue weighted by Gasteiger charge is -2.23. The van der Waals surface area contributed by atoms with Gasteiger partial charge in [-0.1, -0.05) is 0 Å². The molecule has 0 rings (SSSR count). The van der Waals surface area contributed by atoms with Crippen molar-refractivity contribution in [1.29, 1.82) is 0 Å². The summed E-state index contributed by atoms with van der Waals surface area (Å²) < 4.78 is 21.8. The Morgan fingerprint density at radius 3 is 1.26 bits per heavy atom. The number of hydrogen-bond donors (Lipinski definition) is 1. The Bertz CT molecular complexity index is 202. The third-order valence-corrected chi connectivity index (χ3v) is 9.67. The van der Waals surface area contributed by atoms with Gasteiger partial charge in [0.2, 0.25) is 0 Å². The van der Waals surface area contributed by atoms with Crippen LogP contribution >= 0.6 is 0 Å². The quantitative estimate of drug-likeness (QED) is 0.442. The Balaban J connectivity index is 3.56. The Labute approximate surface area is 120 Å². The first-order chi connectivity index (χ1) is 8.95. The molecule has 7 heteroatoms. The summed E-state index contributed by atoms with van der Waals surface area (Å²) in [5.41, 5.74) is 0. The molecule has 0 saturated carbocycles. The summed E-state index contributed by atoms with van der Waals surface area (Å²) in [7, 11) is 3.20. The van der Waals surface area contributed by atoms with Crippen LogP contribution in [0.3, 0.4) is 0 Å². The van der Waals surface area contributed by atoms with Crippen molar-refractivity contribution < 1.29 is 17.7 Å². The summed E-state index contributed by atoms with van der Waals surface area (Å²) in [5.74, 6) is 0. The highest BCUT2D eigenvalue weighted by molar-refractivity contribution is 6.66. The molecule has 5 nitrogen and oxygen atoms in total. The largest absolute Gasteiger partial charge is 0.398 e. The minimum atomic E-state index is -1.88. The van der Waals surface area contributed by atoms with Gasteiger partial charge in [-0.05, 0) is 51.1 Å². The van der Waals surface area contributed by atoms with Crippen molar-refractivity contribution in [1.82, 2.24) is 5.32 Å². The summed E-state index contributed by atoms with van der Waals surface area (Å²) in [5, 5.41) is 3.45. The zero-order valence-electron chi connectivity index (χ0n) is 13.4. The first-order valence-electron chi connectivity index (χ1n) is 6.86. The molecule has 116 valence electrons. The van der Waals surface area contributed by atoms with Crippen LogP contribution in [0.25, 0.3) is 0 Å². The summed E-state index contributed by atoms with van der Waals surface area (Å²) >= 11 is 0. The van der Waals surface area contributed by atoms with Crippen molar-refractivity contribution in [3.63, 3.8) is 0 Å². The summed E-state index contributed by atoms with van der Waals surface area (Å²) in [6.07, 6.45) is 2.18. The van der Waals surface area contributed by atoms with E-state index in [0.29, 0.717) is 0 Å². The molecule has 0 aliphatic carbocycles. The predicted octanol–water partition coefficient (Wildman–Crippen LogP) is 2.09. The molecule has 0 unspecified atom stereocenters. The van der Waals surface area contributed by atoms with E-state index in [1.165, 1.54) is 0 Å². The number of hydrogen-bond acceptors (Lipinski definition) is 5. The van der Waals surface area contributed by atoms with Crippen LogP contribution in [0.4, 0.5) is 0 Å². The fourth-order valence-corrected chi connectivity index (χ4v) is 4.56. The van der Waals surface area contributed by atoms with E-state index in [1.807, 2.05) is 0 Å². The molecule has 1 N–H and O–H groups in total. The number of rotatable bonds is 12. The lowest BCUT2D eigenvalue weighted by Crippen LogP contribution is -2.37. The highest BCUT2D eigenvalue weighted by Gasteiger charge is 2.28. The molecular weight excluding hydrogens is 278 g/mol. The molecule has 0 aliphatic rings. The molecule has 0 bridgehead atoms. The van der Waals surface area contributed by atoms with E-state index < -0.39 is 17.1 Å². The van der Waals surface area contributed by atoms with Gasteiger partial charge in [-0.25, -0.2) is 0 Å². The molecule has 0 aliphatic heterocycles. The first-order valence-corrected chi connectivity index (χ1v) is 11.9. The van der Waals surface area contributed by atoms with E-state index >= 15 is 0 Å². The molecule has 0 atom stereocenters. The van der Waals surface area contributed by atoms with Gasteiger partial charge in [0, 0.05) is 28.4 Å². The molecule has 0 aromatic heterocycles. The zero-order valence-corrected chi connectivity index (χ0v) is 15.4. The van der Waals surface area contributed by atoms with Gasteiger partial charge < -0.3 is 23.0 Å². The normalized spacial score (nSPS) is 12.9. The smallest absolute Gasteiger partial charge is 0.334 e. The molecule has 0 heterocycles. The molecule has 0 aromatic carbocycles. The van der Waals surface area contributed by atoms with Crippen molar-refractivity contribution in [2.24, 2.45) is 0 Å². The Kier molecular flexibility index (Phi) is 10.2. The maximum Gasteiger partial charge on any atom is 0.334 e. The fourth-order valence-electron chi connectivity index (χ4n) is 1.77. The zero-order chi connectivity index (χ0) is 14.8. The summed E-state index contributed by atoms with van der Waals surface area (Å²) in [6, 6.07) is 2.05. The van der Waals surface area contributed by atoms with Crippen LogP contribution in [-0.2, 0) is 17.7 Å². The van der Waals surface area contributed by atoms with Crippen molar-refractivity contribution in [3.8, 4) is 0 Å². The van der Waals surface area contributed by atoms with Crippen molar-refractivity contribution in [2.45, 2.75) is 38.0 Å². The highest BCUT2D eigenvalue weighted by atomic mass is 28.4. The van der Waals surface area contributed by atoms with Crippen molar-refractivity contribution in [2.75, 3.05) is 41.5 Å². The van der Waals surface area contributed by atoms with E-state index in [1.54, 1.807) is 28.4 Å². The van der Waals surface area contributed by atoms with Crippen LogP contribution in [-0.4, -0.2) is 58.7 Å². The molecule has 0 radical (unpaired) electrons. The molecule has 19 heavy (non-hydrogen) atoms. The van der Waals surface area contributed by atoms with Gasteiger partial charge in [0.1, 0.15) is 0 Å². The van der Waals surface area contributed by atoms with Gasteiger partial charge in [0.15, 0.2) is 0 Å². The maximum atomic E-state index is 5.45. The van der Waals surface area contributed by atoms with E-state index in [4.69, 9.17) is 17.7 Å². The van der Waals surface area contributed by atoms with Crippen LogP contribution in [0.2, 0.25) is 25.2 Å². The van der Waals surface area contributed by atoms with Crippen molar-refractivity contribution >= 4 is 17.1 Å². The van der Waals surface area contributed by atoms with Crippen LogP contribution in [0.1, 0.15) is 12.8 Å². The van der Waals surface area contributed by atoms with Crippen molar-refractivity contribution in [3.05, 3.63) is 0 Å². The maximum absolute atomic E-state index is 5.45. The molecule has 0 amide bonds. The van der Waals surface area contributed by atoms with Gasteiger partial charge in [0.25, 0.3) is 0 Å². The topological polar surface area (TPSA) is 49.0 Å². The SMILES string of the molecule is CO[Si](C)(CCCNCCC[Si](C)(OC)OC)OC. The van der Waals surface area contributed by atoms with Gasteiger partial charge in [-0.3, -0.25) is 0 Å². The second kappa shape index (κ2) is 10.0. The third kappa shape index (κ3) is 8.18. The second-order valence-electron chi connectivity index (χ2n) is 5.04. The molecule has 0 fully saturated rings. The highest BCUT2D eigenvalue weighted by Crippen LogP contribution is 2.14. The lowest BCUT2D eigenvalue weighted by atomic mass is 10.4. The van der Waals surface area contributed by atoms with Gasteiger partial charge in [0.05, 0.1) is 0 Å². The van der Waals surface area contributed by atoms with Gasteiger partial charge >= 0.3 is 17.1 Å². The van der Waals surface area contributed by atoms with Gasteiger partial charge in [-0.2, -0.15) is 0 Å². The van der Waals surface area contributed by atoms with Gasteiger partial charge in [-0.15, -0.1) is 0 Å². The van der Waals surface area contributed by atoms with E-state index in [0.717, 1.165) is 38.0 Å². The van der Waals surface area contributed by atoms with E-state index in [9.17, 15) is 0 Å². The second-order valence-corrected chi connectivity index (χ2v) is 12.2. The van der Waals surface area contributed by atoms with E-state index in [2.05, 4.69) is 18.4 Å². The monoisotopic (exact) mass is 309 g/mol.